The Bertz CT molecular complexity index is 990. The van der Waals surface area contributed by atoms with Crippen LogP contribution in [0.4, 0.5) is 15.3 Å². The molecule has 2 aromatic rings. The molecule has 182 valence electrons. The molecule has 10 heteroatoms. The van der Waals surface area contributed by atoms with Crippen LogP contribution in [-0.4, -0.2) is 46.4 Å². The van der Waals surface area contributed by atoms with Gasteiger partial charge in [0.25, 0.3) is 0 Å². The van der Waals surface area contributed by atoms with Crippen molar-refractivity contribution in [3.8, 4) is 5.69 Å². The van der Waals surface area contributed by atoms with Gasteiger partial charge in [0.2, 0.25) is 7.37 Å². The maximum Gasteiger partial charge on any atom is 0.424 e. The Morgan fingerprint density at radius 2 is 1.48 bits per heavy atom. The van der Waals surface area contributed by atoms with Crippen molar-refractivity contribution in [1.29, 1.82) is 0 Å². The third-order valence-corrected chi connectivity index (χ3v) is 5.72. The summed E-state index contributed by atoms with van der Waals surface area (Å²) in [5.41, 5.74) is 0.0542. The highest BCUT2D eigenvalue weighted by Crippen LogP contribution is 2.45. The molecular formula is C23H34N3O6P. The maximum absolute atomic E-state index is 12.8. The average Bonchev–Trinajstić information content (AvgIpc) is 3.06. The molecule has 2 amide bonds. The van der Waals surface area contributed by atoms with Gasteiger partial charge in [-0.1, -0.05) is 0 Å². The highest BCUT2D eigenvalue weighted by atomic mass is 31.2. The first kappa shape index (κ1) is 26.6. The summed E-state index contributed by atoms with van der Waals surface area (Å²) in [5, 5.41) is 4.46. The second-order valence-corrected chi connectivity index (χ2v) is 12.3. The SMILES string of the molecule is CCOP(C)(=O)Cc1ccn(-c2ccc(N(C(=O)OC(C)(C)C)C(=O)OC(C)(C)C)cc2)n1. The first-order valence-electron chi connectivity index (χ1n) is 10.7. The molecule has 1 aromatic heterocycles. The summed E-state index contributed by atoms with van der Waals surface area (Å²) in [4.78, 5) is 26.4. The molecule has 1 heterocycles. The Morgan fingerprint density at radius 3 is 1.94 bits per heavy atom. The molecule has 1 unspecified atom stereocenters. The summed E-state index contributed by atoms with van der Waals surface area (Å²) in [6.45, 7) is 14.1. The van der Waals surface area contributed by atoms with E-state index in [1.54, 1.807) is 96.3 Å². The normalized spacial score (nSPS) is 13.8. The van der Waals surface area contributed by atoms with E-state index >= 15 is 0 Å². The van der Waals surface area contributed by atoms with Crippen LogP contribution < -0.4 is 4.90 Å². The third-order valence-electron chi connectivity index (χ3n) is 4.02. The van der Waals surface area contributed by atoms with Gasteiger partial charge in [-0.2, -0.15) is 10.00 Å². The molecule has 0 spiro atoms. The number of aromatic nitrogens is 2. The predicted octanol–water partition coefficient (Wildman–Crippen LogP) is 5.99. The number of amides is 2. The van der Waals surface area contributed by atoms with E-state index in [2.05, 4.69) is 5.10 Å². The molecular weight excluding hydrogens is 445 g/mol. The number of ether oxygens (including phenoxy) is 2. The first-order valence-corrected chi connectivity index (χ1v) is 13.0. The van der Waals surface area contributed by atoms with E-state index in [-0.39, 0.29) is 6.16 Å². The van der Waals surface area contributed by atoms with Crippen molar-refractivity contribution in [2.45, 2.75) is 65.8 Å². The topological polar surface area (TPSA) is 100.0 Å². The van der Waals surface area contributed by atoms with Crippen LogP contribution in [0, 0.1) is 0 Å². The zero-order chi connectivity index (χ0) is 25.0. The van der Waals surface area contributed by atoms with Gasteiger partial charge in [-0.3, -0.25) is 4.57 Å². The molecule has 0 bridgehead atoms. The lowest BCUT2D eigenvalue weighted by molar-refractivity contribution is 0.0430. The van der Waals surface area contributed by atoms with Crippen molar-refractivity contribution in [3.63, 3.8) is 0 Å². The molecule has 1 aromatic carbocycles. The van der Waals surface area contributed by atoms with E-state index in [4.69, 9.17) is 14.0 Å². The van der Waals surface area contributed by atoms with Crippen molar-refractivity contribution in [2.24, 2.45) is 0 Å². The maximum atomic E-state index is 12.8. The standard InChI is InChI=1S/C23H34N3O6P/c1-9-30-33(8,29)16-17-14-15-25(24-17)18-10-12-19(13-11-18)26(20(27)31-22(2,3)4)21(28)32-23(5,6)7/h10-15H,9,16H2,1-8H3. The summed E-state index contributed by atoms with van der Waals surface area (Å²) in [6, 6.07) is 8.41. The third kappa shape index (κ3) is 8.33. The quantitative estimate of drug-likeness (QED) is 0.469. The number of hydrogen-bond acceptors (Lipinski definition) is 7. The Hall–Kier alpha value is -2.64. The molecule has 0 aliphatic heterocycles. The molecule has 0 fully saturated rings. The number of carbonyl (C=O) groups excluding carboxylic acids is 2. The molecule has 0 aliphatic carbocycles. The van der Waals surface area contributed by atoms with Gasteiger partial charge in [0.15, 0.2) is 0 Å². The summed E-state index contributed by atoms with van der Waals surface area (Å²) in [5.74, 6) is 0. The molecule has 2 rings (SSSR count). The Balaban J connectivity index is 2.29. The van der Waals surface area contributed by atoms with Crippen LogP contribution in [-0.2, 0) is 24.7 Å². The van der Waals surface area contributed by atoms with E-state index in [0.29, 0.717) is 23.7 Å². The number of rotatable bonds is 6. The van der Waals surface area contributed by atoms with Gasteiger partial charge in [0, 0.05) is 12.9 Å². The summed E-state index contributed by atoms with van der Waals surface area (Å²) in [7, 11) is -2.76. The Labute approximate surface area is 195 Å². The zero-order valence-corrected chi connectivity index (χ0v) is 21.5. The summed E-state index contributed by atoms with van der Waals surface area (Å²) in [6.07, 6.45) is 0.313. The van der Waals surface area contributed by atoms with E-state index in [1.165, 1.54) is 0 Å². The van der Waals surface area contributed by atoms with Gasteiger partial charge in [0.1, 0.15) is 11.2 Å². The number of anilines is 1. The molecule has 9 nitrogen and oxygen atoms in total. The number of carbonyl (C=O) groups is 2. The van der Waals surface area contributed by atoms with Gasteiger partial charge < -0.3 is 14.0 Å². The first-order chi connectivity index (χ1) is 15.1. The van der Waals surface area contributed by atoms with Gasteiger partial charge in [-0.25, -0.2) is 14.3 Å². The molecule has 1 atom stereocenters. The summed E-state index contributed by atoms with van der Waals surface area (Å²) < 4.78 is 30.2. The van der Waals surface area contributed by atoms with E-state index in [9.17, 15) is 14.2 Å². The van der Waals surface area contributed by atoms with Gasteiger partial charge in [-0.05, 0) is 78.8 Å². The number of hydrogen-bond donors (Lipinski definition) is 0. The lowest BCUT2D eigenvalue weighted by Gasteiger charge is -2.28. The van der Waals surface area contributed by atoms with E-state index < -0.39 is 30.8 Å². The minimum absolute atomic E-state index is 0.233. The minimum Gasteiger partial charge on any atom is -0.443 e. The van der Waals surface area contributed by atoms with Crippen LogP contribution in [0.25, 0.3) is 5.69 Å². The smallest absolute Gasteiger partial charge is 0.424 e. The van der Waals surface area contributed by atoms with Gasteiger partial charge >= 0.3 is 12.2 Å². The number of imide groups is 1. The molecule has 33 heavy (non-hydrogen) atoms. The lowest BCUT2D eigenvalue weighted by atomic mass is 10.2. The molecule has 0 aliphatic rings. The second kappa shape index (κ2) is 10.1. The van der Waals surface area contributed by atoms with E-state index in [1.807, 2.05) is 0 Å². The largest absolute Gasteiger partial charge is 0.443 e. The van der Waals surface area contributed by atoms with Crippen molar-refractivity contribution in [2.75, 3.05) is 18.2 Å². The van der Waals surface area contributed by atoms with E-state index in [0.717, 1.165) is 4.90 Å². The predicted molar refractivity (Wildman–Crippen MR) is 127 cm³/mol. The fourth-order valence-corrected chi connectivity index (χ4v) is 4.25. The van der Waals surface area contributed by atoms with Crippen LogP contribution >= 0.6 is 7.37 Å². The fourth-order valence-electron chi connectivity index (χ4n) is 2.86. The monoisotopic (exact) mass is 479 g/mol. The number of benzene rings is 1. The number of nitrogens with zero attached hydrogens (tertiary/aromatic N) is 3. The molecule has 0 saturated heterocycles. The van der Waals surface area contributed by atoms with Crippen molar-refractivity contribution in [1.82, 2.24) is 9.78 Å². The second-order valence-electron chi connectivity index (χ2n) is 9.65. The van der Waals surface area contributed by atoms with Gasteiger partial charge in [0.05, 0.1) is 29.8 Å². The highest BCUT2D eigenvalue weighted by molar-refractivity contribution is 7.57. The average molecular weight is 480 g/mol. The molecule has 0 N–H and O–H groups in total. The zero-order valence-electron chi connectivity index (χ0n) is 20.6. The summed E-state index contributed by atoms with van der Waals surface area (Å²) >= 11 is 0. The Morgan fingerprint density at radius 1 is 0.970 bits per heavy atom. The van der Waals surface area contributed by atoms with Crippen molar-refractivity contribution >= 4 is 25.2 Å². The van der Waals surface area contributed by atoms with Crippen molar-refractivity contribution < 1.29 is 28.2 Å². The van der Waals surface area contributed by atoms with Crippen LogP contribution in [0.5, 0.6) is 0 Å². The van der Waals surface area contributed by atoms with Crippen LogP contribution in [0.15, 0.2) is 36.5 Å². The van der Waals surface area contributed by atoms with Crippen molar-refractivity contribution in [3.05, 3.63) is 42.2 Å². The molecule has 0 saturated carbocycles. The minimum atomic E-state index is -2.76. The highest BCUT2D eigenvalue weighted by Gasteiger charge is 2.32. The van der Waals surface area contributed by atoms with Gasteiger partial charge in [-0.15, -0.1) is 0 Å². The Kier molecular flexibility index (Phi) is 8.14. The van der Waals surface area contributed by atoms with Crippen LogP contribution in [0.1, 0.15) is 54.2 Å². The fraction of sp³-hybridized carbons (Fsp3) is 0.522. The molecule has 0 radical (unpaired) electrons. The van der Waals surface area contributed by atoms with Crippen LogP contribution in [0.2, 0.25) is 0 Å². The lowest BCUT2D eigenvalue weighted by Crippen LogP contribution is -2.43. The van der Waals surface area contributed by atoms with Crippen LogP contribution in [0.3, 0.4) is 0 Å².